The quantitative estimate of drug-likeness (QED) is 0.646. The molecule has 20 heavy (non-hydrogen) atoms. The second kappa shape index (κ2) is 9.78. The molecular formula is C17H30N2O. The van der Waals surface area contributed by atoms with Gasteiger partial charge in [0.1, 0.15) is 5.75 Å². The Morgan fingerprint density at radius 3 is 2.40 bits per heavy atom. The first-order valence-electron chi connectivity index (χ1n) is 7.89. The Morgan fingerprint density at radius 1 is 1.15 bits per heavy atom. The van der Waals surface area contributed by atoms with Crippen molar-refractivity contribution in [2.24, 2.45) is 0 Å². The zero-order chi connectivity index (χ0) is 14.8. The van der Waals surface area contributed by atoms with Gasteiger partial charge >= 0.3 is 0 Å². The summed E-state index contributed by atoms with van der Waals surface area (Å²) in [7, 11) is 0. The van der Waals surface area contributed by atoms with Crippen molar-refractivity contribution in [3.8, 4) is 5.75 Å². The third-order valence-corrected chi connectivity index (χ3v) is 3.84. The maximum Gasteiger partial charge on any atom is 0.115 e. The van der Waals surface area contributed by atoms with Crippen LogP contribution in [0.2, 0.25) is 0 Å². The molecule has 0 bridgehead atoms. The maximum absolute atomic E-state index is 9.25. The minimum atomic E-state index is 0.344. The molecule has 0 fully saturated rings. The summed E-state index contributed by atoms with van der Waals surface area (Å²) in [6.07, 6.45) is 3.41. The molecule has 0 heterocycles. The van der Waals surface area contributed by atoms with Crippen LogP contribution >= 0.6 is 0 Å². The molecule has 0 saturated carbocycles. The van der Waals surface area contributed by atoms with E-state index in [1.807, 2.05) is 12.1 Å². The predicted octanol–water partition coefficient (Wildman–Crippen LogP) is 3.03. The summed E-state index contributed by atoms with van der Waals surface area (Å²) in [5.74, 6) is 0.344. The van der Waals surface area contributed by atoms with Gasteiger partial charge in [-0.2, -0.15) is 0 Å². The molecule has 0 saturated heterocycles. The number of phenols is 1. The first kappa shape index (κ1) is 17.0. The van der Waals surface area contributed by atoms with Crippen molar-refractivity contribution < 1.29 is 5.11 Å². The molecule has 114 valence electrons. The van der Waals surface area contributed by atoms with Crippen LogP contribution in [0.4, 0.5) is 0 Å². The highest BCUT2D eigenvalue weighted by molar-refractivity contribution is 5.25. The van der Waals surface area contributed by atoms with Gasteiger partial charge < -0.3 is 15.3 Å². The molecule has 0 aromatic heterocycles. The molecule has 1 unspecified atom stereocenters. The highest BCUT2D eigenvalue weighted by atomic mass is 16.3. The van der Waals surface area contributed by atoms with Crippen molar-refractivity contribution in [3.05, 3.63) is 29.8 Å². The summed E-state index contributed by atoms with van der Waals surface area (Å²) >= 11 is 0. The zero-order valence-electron chi connectivity index (χ0n) is 13.2. The molecule has 0 aliphatic rings. The number of benzene rings is 1. The molecule has 0 spiro atoms. The number of nitrogens with zero attached hydrogens (tertiary/aromatic N) is 1. The summed E-state index contributed by atoms with van der Waals surface area (Å²) < 4.78 is 0. The molecule has 1 aromatic rings. The lowest BCUT2D eigenvalue weighted by molar-refractivity contribution is 0.295. The monoisotopic (exact) mass is 278 g/mol. The summed E-state index contributed by atoms with van der Waals surface area (Å²) in [6, 6.07) is 8.07. The van der Waals surface area contributed by atoms with E-state index < -0.39 is 0 Å². The molecule has 1 rings (SSSR count). The van der Waals surface area contributed by atoms with E-state index in [1.165, 1.54) is 18.5 Å². The fraction of sp³-hybridized carbons (Fsp3) is 0.647. The second-order valence-corrected chi connectivity index (χ2v) is 5.44. The van der Waals surface area contributed by atoms with Crippen molar-refractivity contribution in [2.45, 2.75) is 46.1 Å². The van der Waals surface area contributed by atoms with Gasteiger partial charge in [-0.05, 0) is 70.1 Å². The molecule has 0 amide bonds. The van der Waals surface area contributed by atoms with E-state index in [0.717, 1.165) is 32.5 Å². The lowest BCUT2D eigenvalue weighted by Crippen LogP contribution is -2.31. The molecule has 2 N–H and O–H groups in total. The van der Waals surface area contributed by atoms with Gasteiger partial charge in [-0.3, -0.25) is 0 Å². The molecule has 3 nitrogen and oxygen atoms in total. The van der Waals surface area contributed by atoms with Crippen LogP contribution in [-0.4, -0.2) is 42.2 Å². The van der Waals surface area contributed by atoms with Crippen LogP contribution in [0.3, 0.4) is 0 Å². The number of phenolic OH excluding ortho intramolecular Hbond substituents is 1. The van der Waals surface area contributed by atoms with Crippen LogP contribution in [0.25, 0.3) is 0 Å². The van der Waals surface area contributed by atoms with E-state index in [4.69, 9.17) is 0 Å². The number of aromatic hydroxyl groups is 1. The number of rotatable bonds is 10. The molecule has 0 aliphatic carbocycles. The van der Waals surface area contributed by atoms with Crippen molar-refractivity contribution in [1.82, 2.24) is 10.2 Å². The van der Waals surface area contributed by atoms with Crippen LogP contribution in [0.15, 0.2) is 24.3 Å². The Hall–Kier alpha value is -1.06. The smallest absolute Gasteiger partial charge is 0.115 e. The van der Waals surface area contributed by atoms with Crippen LogP contribution in [0.1, 0.15) is 39.2 Å². The van der Waals surface area contributed by atoms with Crippen molar-refractivity contribution in [2.75, 3.05) is 26.2 Å². The van der Waals surface area contributed by atoms with Gasteiger partial charge in [-0.15, -0.1) is 0 Å². The highest BCUT2D eigenvalue weighted by Gasteiger charge is 2.03. The molecule has 1 aromatic carbocycles. The van der Waals surface area contributed by atoms with E-state index in [9.17, 15) is 5.11 Å². The molecule has 3 heteroatoms. The predicted molar refractivity (Wildman–Crippen MR) is 86.3 cm³/mol. The van der Waals surface area contributed by atoms with Crippen LogP contribution in [0, 0.1) is 0 Å². The van der Waals surface area contributed by atoms with Gasteiger partial charge in [0.05, 0.1) is 0 Å². The third kappa shape index (κ3) is 6.92. The topological polar surface area (TPSA) is 35.5 Å². The fourth-order valence-corrected chi connectivity index (χ4v) is 2.34. The van der Waals surface area contributed by atoms with Gasteiger partial charge in [0.2, 0.25) is 0 Å². The average molecular weight is 278 g/mol. The van der Waals surface area contributed by atoms with Crippen LogP contribution in [-0.2, 0) is 6.42 Å². The molecule has 0 aliphatic heterocycles. The Kier molecular flexibility index (Phi) is 8.31. The largest absolute Gasteiger partial charge is 0.508 e. The highest BCUT2D eigenvalue weighted by Crippen LogP contribution is 2.11. The van der Waals surface area contributed by atoms with E-state index in [0.29, 0.717) is 11.8 Å². The molecule has 1 atom stereocenters. The van der Waals surface area contributed by atoms with Crippen molar-refractivity contribution in [3.63, 3.8) is 0 Å². The average Bonchev–Trinajstić information content (AvgIpc) is 2.47. The Bertz CT molecular complexity index is 347. The molecule has 0 radical (unpaired) electrons. The minimum Gasteiger partial charge on any atom is -0.508 e. The number of hydrogen-bond acceptors (Lipinski definition) is 3. The molecular weight excluding hydrogens is 248 g/mol. The van der Waals surface area contributed by atoms with Gasteiger partial charge in [-0.25, -0.2) is 0 Å². The lowest BCUT2D eigenvalue weighted by atomic mass is 10.1. The number of hydrogen-bond donors (Lipinski definition) is 2. The number of nitrogens with one attached hydrogen (secondary N) is 1. The minimum absolute atomic E-state index is 0.344. The lowest BCUT2D eigenvalue weighted by Gasteiger charge is -2.19. The Labute approximate surface area is 124 Å². The summed E-state index contributed by atoms with van der Waals surface area (Å²) in [6.45, 7) is 11.3. The van der Waals surface area contributed by atoms with Gasteiger partial charge in [-0.1, -0.05) is 26.0 Å². The van der Waals surface area contributed by atoms with Crippen molar-refractivity contribution >= 4 is 0 Å². The van der Waals surface area contributed by atoms with E-state index >= 15 is 0 Å². The summed E-state index contributed by atoms with van der Waals surface area (Å²) in [5.41, 5.74) is 1.29. The first-order chi connectivity index (χ1) is 9.65. The van der Waals surface area contributed by atoms with Gasteiger partial charge in [0, 0.05) is 6.04 Å². The zero-order valence-corrected chi connectivity index (χ0v) is 13.2. The first-order valence-corrected chi connectivity index (χ1v) is 7.89. The van der Waals surface area contributed by atoms with E-state index in [-0.39, 0.29) is 0 Å². The van der Waals surface area contributed by atoms with Crippen LogP contribution < -0.4 is 5.32 Å². The Balaban J connectivity index is 2.11. The van der Waals surface area contributed by atoms with E-state index in [1.54, 1.807) is 12.1 Å². The summed E-state index contributed by atoms with van der Waals surface area (Å²) in [4.78, 5) is 2.46. The standard InChI is InChI=1S/C17H30N2O/c1-4-19(5-2)14-6-13-18-15(3)7-8-16-9-11-17(20)12-10-16/h9-12,15,18,20H,4-8,13-14H2,1-3H3. The van der Waals surface area contributed by atoms with Crippen molar-refractivity contribution in [1.29, 1.82) is 0 Å². The second-order valence-electron chi connectivity index (χ2n) is 5.44. The normalized spacial score (nSPS) is 12.8. The fourth-order valence-electron chi connectivity index (χ4n) is 2.34. The number of aryl methyl sites for hydroxylation is 1. The Morgan fingerprint density at radius 2 is 1.80 bits per heavy atom. The van der Waals surface area contributed by atoms with Gasteiger partial charge in [0.25, 0.3) is 0 Å². The van der Waals surface area contributed by atoms with Crippen LogP contribution in [0.5, 0.6) is 5.75 Å². The van der Waals surface area contributed by atoms with E-state index in [2.05, 4.69) is 31.0 Å². The van der Waals surface area contributed by atoms with Gasteiger partial charge in [0.15, 0.2) is 0 Å². The maximum atomic E-state index is 9.25. The summed E-state index contributed by atoms with van der Waals surface area (Å²) in [5, 5.41) is 12.8. The SMILES string of the molecule is CCN(CC)CCCNC(C)CCc1ccc(O)cc1. The third-order valence-electron chi connectivity index (χ3n) is 3.84.